The predicted octanol–water partition coefficient (Wildman–Crippen LogP) is 0.936. The highest BCUT2D eigenvalue weighted by atomic mass is 16.5. The maximum absolute atomic E-state index is 12.2. The van der Waals surface area contributed by atoms with Gasteiger partial charge in [-0.3, -0.25) is 4.79 Å². The van der Waals surface area contributed by atoms with Crippen LogP contribution in [0, 0.1) is 17.3 Å². The zero-order chi connectivity index (χ0) is 12.7. The van der Waals surface area contributed by atoms with E-state index >= 15 is 0 Å². The molecular weight excluding hydrogens is 218 g/mol. The molecule has 0 radical (unpaired) electrons. The Morgan fingerprint density at radius 2 is 1.82 bits per heavy atom. The molecule has 0 bridgehead atoms. The summed E-state index contributed by atoms with van der Waals surface area (Å²) in [5.41, 5.74) is -1.62. The largest absolute Gasteiger partial charge is 0.469 e. The van der Waals surface area contributed by atoms with Crippen LogP contribution in [-0.4, -0.2) is 36.9 Å². The minimum atomic E-state index is -0.914. The van der Waals surface area contributed by atoms with Gasteiger partial charge in [0.2, 0.25) is 0 Å². The molecule has 1 saturated heterocycles. The molecule has 1 aliphatic carbocycles. The van der Waals surface area contributed by atoms with Gasteiger partial charge < -0.3 is 15.2 Å². The van der Waals surface area contributed by atoms with Crippen LogP contribution in [0.5, 0.6) is 0 Å². The van der Waals surface area contributed by atoms with Crippen molar-refractivity contribution >= 4 is 5.97 Å². The van der Waals surface area contributed by atoms with Crippen LogP contribution in [0.4, 0.5) is 0 Å². The highest BCUT2D eigenvalue weighted by molar-refractivity contribution is 5.79. The second-order valence-corrected chi connectivity index (χ2v) is 6.06. The molecule has 0 aromatic heterocycles. The molecule has 4 heteroatoms. The van der Waals surface area contributed by atoms with Crippen LogP contribution >= 0.6 is 0 Å². The summed E-state index contributed by atoms with van der Waals surface area (Å²) in [7, 11) is 1.42. The first-order chi connectivity index (χ1) is 7.93. The van der Waals surface area contributed by atoms with E-state index in [0.29, 0.717) is 24.9 Å². The minimum Gasteiger partial charge on any atom is -0.469 e. The highest BCUT2D eigenvalue weighted by Gasteiger charge is 2.61. The van der Waals surface area contributed by atoms with Crippen molar-refractivity contribution in [3.05, 3.63) is 0 Å². The Bertz CT molecular complexity index is 302. The van der Waals surface area contributed by atoms with Crippen molar-refractivity contribution in [1.82, 2.24) is 5.32 Å². The molecule has 4 nitrogen and oxygen atoms in total. The standard InChI is InChI=1S/C13H23NO3/c1-9-4-10(2)6-12(5-9,11(15)17-3)13(16)7-14-8-13/h9-10,14,16H,4-8H2,1-3H3. The minimum absolute atomic E-state index is 0.236. The van der Waals surface area contributed by atoms with E-state index < -0.39 is 11.0 Å². The molecule has 2 fully saturated rings. The van der Waals surface area contributed by atoms with Crippen LogP contribution < -0.4 is 5.32 Å². The lowest BCUT2D eigenvalue weighted by atomic mass is 9.56. The number of aliphatic hydroxyl groups is 1. The first-order valence-electron chi connectivity index (χ1n) is 6.45. The van der Waals surface area contributed by atoms with Gasteiger partial charge in [-0.2, -0.15) is 0 Å². The average Bonchev–Trinajstić information content (AvgIpc) is 2.23. The molecule has 2 rings (SSSR count). The third kappa shape index (κ3) is 1.87. The van der Waals surface area contributed by atoms with Crippen molar-refractivity contribution in [3.63, 3.8) is 0 Å². The van der Waals surface area contributed by atoms with Crippen molar-refractivity contribution < 1.29 is 14.6 Å². The molecule has 1 aliphatic heterocycles. The fourth-order valence-electron chi connectivity index (χ4n) is 3.76. The Morgan fingerprint density at radius 1 is 1.29 bits per heavy atom. The molecule has 0 spiro atoms. The Balaban J connectivity index is 2.32. The quantitative estimate of drug-likeness (QED) is 0.706. The van der Waals surface area contributed by atoms with Crippen molar-refractivity contribution in [1.29, 1.82) is 0 Å². The Hall–Kier alpha value is -0.610. The second-order valence-electron chi connectivity index (χ2n) is 6.06. The molecule has 1 heterocycles. The van der Waals surface area contributed by atoms with Gasteiger partial charge in [-0.15, -0.1) is 0 Å². The fourth-order valence-corrected chi connectivity index (χ4v) is 3.76. The molecule has 2 unspecified atom stereocenters. The Morgan fingerprint density at radius 3 is 2.18 bits per heavy atom. The van der Waals surface area contributed by atoms with Crippen molar-refractivity contribution in [3.8, 4) is 0 Å². The number of carbonyl (C=O) groups is 1. The molecule has 2 N–H and O–H groups in total. The lowest BCUT2D eigenvalue weighted by Crippen LogP contribution is -2.72. The SMILES string of the molecule is COC(=O)C1(C2(O)CNC2)CC(C)CC(C)C1. The van der Waals surface area contributed by atoms with Gasteiger partial charge in [0.1, 0.15) is 5.60 Å². The van der Waals surface area contributed by atoms with E-state index in [0.717, 1.165) is 19.3 Å². The van der Waals surface area contributed by atoms with Gasteiger partial charge in [0.05, 0.1) is 12.5 Å². The number of nitrogens with one attached hydrogen (secondary N) is 1. The Kier molecular flexibility index (Phi) is 3.21. The van der Waals surface area contributed by atoms with Crippen LogP contribution in [0.25, 0.3) is 0 Å². The third-order valence-electron chi connectivity index (χ3n) is 4.50. The van der Waals surface area contributed by atoms with Gasteiger partial charge in [-0.25, -0.2) is 0 Å². The zero-order valence-electron chi connectivity index (χ0n) is 11.0. The van der Waals surface area contributed by atoms with Crippen LogP contribution in [-0.2, 0) is 9.53 Å². The van der Waals surface area contributed by atoms with E-state index in [1.54, 1.807) is 0 Å². The molecule has 2 aliphatic rings. The lowest BCUT2D eigenvalue weighted by Gasteiger charge is -2.54. The molecule has 1 saturated carbocycles. The van der Waals surface area contributed by atoms with Gasteiger partial charge in [-0.05, 0) is 31.1 Å². The van der Waals surface area contributed by atoms with Gasteiger partial charge in [-0.1, -0.05) is 13.8 Å². The van der Waals surface area contributed by atoms with E-state index in [-0.39, 0.29) is 5.97 Å². The monoisotopic (exact) mass is 241 g/mol. The van der Waals surface area contributed by atoms with Crippen molar-refractivity contribution in [2.45, 2.75) is 38.7 Å². The molecule has 2 atom stereocenters. The summed E-state index contributed by atoms with van der Waals surface area (Å²) in [6, 6.07) is 0. The first kappa shape index (κ1) is 12.8. The van der Waals surface area contributed by atoms with Crippen LogP contribution in [0.1, 0.15) is 33.1 Å². The second kappa shape index (κ2) is 4.25. The van der Waals surface area contributed by atoms with E-state index in [9.17, 15) is 9.90 Å². The highest BCUT2D eigenvalue weighted by Crippen LogP contribution is 2.51. The number of carbonyl (C=O) groups excluding carboxylic acids is 1. The molecule has 17 heavy (non-hydrogen) atoms. The van der Waals surface area contributed by atoms with Crippen LogP contribution in [0.15, 0.2) is 0 Å². The number of ether oxygens (including phenoxy) is 1. The maximum Gasteiger partial charge on any atom is 0.314 e. The van der Waals surface area contributed by atoms with Gasteiger partial charge in [0, 0.05) is 13.1 Å². The number of rotatable bonds is 2. The molecule has 0 aromatic carbocycles. The number of β-amino-alcohol motifs (C(OH)–C–C–N with tert-alkyl or cyclic N) is 1. The van der Waals surface area contributed by atoms with E-state index in [1.165, 1.54) is 7.11 Å². The fraction of sp³-hybridized carbons (Fsp3) is 0.923. The van der Waals surface area contributed by atoms with E-state index in [2.05, 4.69) is 19.2 Å². The average molecular weight is 241 g/mol. The summed E-state index contributed by atoms with van der Waals surface area (Å²) >= 11 is 0. The van der Waals surface area contributed by atoms with Crippen LogP contribution in [0.2, 0.25) is 0 Å². The summed E-state index contributed by atoms with van der Waals surface area (Å²) < 4.78 is 4.99. The summed E-state index contributed by atoms with van der Waals surface area (Å²) in [5, 5.41) is 13.7. The topological polar surface area (TPSA) is 58.6 Å². The van der Waals surface area contributed by atoms with Gasteiger partial charge >= 0.3 is 5.97 Å². The van der Waals surface area contributed by atoms with E-state index in [1.807, 2.05) is 0 Å². The summed E-state index contributed by atoms with van der Waals surface area (Å²) in [6.45, 7) is 5.31. The molecule has 0 amide bonds. The van der Waals surface area contributed by atoms with Gasteiger partial charge in [0.25, 0.3) is 0 Å². The zero-order valence-corrected chi connectivity index (χ0v) is 11.0. The van der Waals surface area contributed by atoms with Gasteiger partial charge in [0.15, 0.2) is 0 Å². The summed E-state index contributed by atoms with van der Waals surface area (Å²) in [5.74, 6) is 0.685. The summed E-state index contributed by atoms with van der Waals surface area (Å²) in [4.78, 5) is 12.2. The number of methoxy groups -OCH3 is 1. The summed E-state index contributed by atoms with van der Waals surface area (Å²) in [6.07, 6.45) is 2.60. The molecule has 0 aromatic rings. The first-order valence-corrected chi connectivity index (χ1v) is 6.45. The van der Waals surface area contributed by atoms with Crippen molar-refractivity contribution in [2.75, 3.05) is 20.2 Å². The predicted molar refractivity (Wildman–Crippen MR) is 64.4 cm³/mol. The van der Waals surface area contributed by atoms with Crippen LogP contribution in [0.3, 0.4) is 0 Å². The maximum atomic E-state index is 12.2. The lowest BCUT2D eigenvalue weighted by molar-refractivity contribution is -0.193. The van der Waals surface area contributed by atoms with Crippen molar-refractivity contribution in [2.24, 2.45) is 17.3 Å². The number of hydrogen-bond acceptors (Lipinski definition) is 4. The smallest absolute Gasteiger partial charge is 0.314 e. The van der Waals surface area contributed by atoms with E-state index in [4.69, 9.17) is 4.74 Å². The number of esters is 1. The normalized spacial score (nSPS) is 40.5. The Labute approximate surface area is 103 Å². The third-order valence-corrected chi connectivity index (χ3v) is 4.50. The molecular formula is C13H23NO3. The molecule has 98 valence electrons. The number of hydrogen-bond donors (Lipinski definition) is 2.